The van der Waals surface area contributed by atoms with Gasteiger partial charge in [-0.1, -0.05) is 26.0 Å². The molecule has 0 aliphatic heterocycles. The Labute approximate surface area is 137 Å². The summed E-state index contributed by atoms with van der Waals surface area (Å²) in [6.07, 6.45) is 0.496. The van der Waals surface area contributed by atoms with Crippen LogP contribution in [0.1, 0.15) is 32.8 Å². The predicted molar refractivity (Wildman–Crippen MR) is 86.2 cm³/mol. The van der Waals surface area contributed by atoms with Crippen molar-refractivity contribution >= 4 is 18.3 Å². The molecular formula is C16H24ClFN2O2. The summed E-state index contributed by atoms with van der Waals surface area (Å²) in [5, 5.41) is 2.80. The zero-order valence-electron chi connectivity index (χ0n) is 13.2. The third kappa shape index (κ3) is 3.26. The molecule has 2 unspecified atom stereocenters. The zero-order chi connectivity index (χ0) is 15.7. The van der Waals surface area contributed by atoms with Crippen molar-refractivity contribution < 1.29 is 13.9 Å². The van der Waals surface area contributed by atoms with Gasteiger partial charge < -0.3 is 15.8 Å². The number of carbonyl (C=O) groups excluding carboxylic acids is 1. The van der Waals surface area contributed by atoms with Gasteiger partial charge in [-0.15, -0.1) is 12.4 Å². The summed E-state index contributed by atoms with van der Waals surface area (Å²) in [5.74, 6) is -0.530. The highest BCUT2D eigenvalue weighted by atomic mass is 35.5. The molecule has 3 N–H and O–H groups in total. The Morgan fingerprint density at radius 1 is 1.50 bits per heavy atom. The van der Waals surface area contributed by atoms with E-state index in [0.717, 1.165) is 0 Å². The highest BCUT2D eigenvalue weighted by Gasteiger charge is 2.62. The second-order valence-electron chi connectivity index (χ2n) is 6.15. The maximum Gasteiger partial charge on any atom is 0.241 e. The molecule has 2 atom stereocenters. The molecule has 22 heavy (non-hydrogen) atoms. The van der Waals surface area contributed by atoms with Crippen LogP contribution >= 0.6 is 12.4 Å². The van der Waals surface area contributed by atoms with Crippen LogP contribution in [0.3, 0.4) is 0 Å². The fourth-order valence-electron chi connectivity index (χ4n) is 2.81. The highest BCUT2D eigenvalue weighted by Crippen LogP contribution is 2.49. The van der Waals surface area contributed by atoms with Gasteiger partial charge >= 0.3 is 0 Å². The Bertz CT molecular complexity index is 539. The number of ether oxygens (including phenoxy) is 1. The summed E-state index contributed by atoms with van der Waals surface area (Å²) in [5.41, 5.74) is 5.62. The first kappa shape index (κ1) is 18.9. The minimum absolute atomic E-state index is 0. The molecule has 124 valence electrons. The van der Waals surface area contributed by atoms with Gasteiger partial charge in [0.2, 0.25) is 5.91 Å². The highest BCUT2D eigenvalue weighted by molar-refractivity contribution is 5.88. The summed E-state index contributed by atoms with van der Waals surface area (Å²) in [6.45, 7) is 6.69. The van der Waals surface area contributed by atoms with Crippen molar-refractivity contribution in [3.63, 3.8) is 0 Å². The summed E-state index contributed by atoms with van der Waals surface area (Å²) in [7, 11) is 0. The van der Waals surface area contributed by atoms with Gasteiger partial charge in [0.15, 0.2) is 0 Å². The molecule has 0 heterocycles. The quantitative estimate of drug-likeness (QED) is 0.871. The lowest BCUT2D eigenvalue weighted by molar-refractivity contribution is -0.170. The predicted octanol–water partition coefficient (Wildman–Crippen LogP) is 2.40. The molecule has 4 nitrogen and oxygen atoms in total. The molecule has 0 bridgehead atoms. The summed E-state index contributed by atoms with van der Waals surface area (Å²) in [4.78, 5) is 12.4. The molecule has 1 aliphatic carbocycles. The average molecular weight is 331 g/mol. The second-order valence-corrected chi connectivity index (χ2v) is 6.15. The molecule has 0 aromatic heterocycles. The van der Waals surface area contributed by atoms with E-state index in [1.165, 1.54) is 12.1 Å². The van der Waals surface area contributed by atoms with E-state index >= 15 is 0 Å². The van der Waals surface area contributed by atoms with Gasteiger partial charge in [-0.3, -0.25) is 4.79 Å². The number of nitrogens with two attached hydrogens (primary N) is 1. The lowest BCUT2D eigenvalue weighted by atomic mass is 9.54. The number of rotatable bonds is 5. The topological polar surface area (TPSA) is 64.3 Å². The van der Waals surface area contributed by atoms with Crippen LogP contribution < -0.4 is 11.1 Å². The average Bonchev–Trinajstić information content (AvgIpc) is 2.44. The molecule has 0 spiro atoms. The maximum atomic E-state index is 13.1. The molecule has 1 aromatic rings. The van der Waals surface area contributed by atoms with Gasteiger partial charge in [-0.25, -0.2) is 4.39 Å². The van der Waals surface area contributed by atoms with E-state index in [2.05, 4.69) is 5.32 Å². The van der Waals surface area contributed by atoms with E-state index in [1.807, 2.05) is 20.8 Å². The molecule has 1 saturated carbocycles. The zero-order valence-corrected chi connectivity index (χ0v) is 14.0. The molecular weight excluding hydrogens is 307 g/mol. The first-order valence-electron chi connectivity index (χ1n) is 7.24. The van der Waals surface area contributed by atoms with Crippen molar-refractivity contribution in [3.05, 3.63) is 35.6 Å². The standard InChI is InChI=1S/C16H23FN2O2.ClH/c1-4-21-13-9-16(18,15(13,2)3)14(20)19-10-11-6-5-7-12(17)8-11;/h5-8,13H,4,9-10,18H2,1-3H3,(H,19,20);1H. The number of hydrogen-bond acceptors (Lipinski definition) is 3. The lowest BCUT2D eigenvalue weighted by Crippen LogP contribution is -2.75. The van der Waals surface area contributed by atoms with Crippen LogP contribution in [0.4, 0.5) is 4.39 Å². The smallest absolute Gasteiger partial charge is 0.241 e. The molecule has 2 rings (SSSR count). The molecule has 1 amide bonds. The van der Waals surface area contributed by atoms with Crippen LogP contribution in [0.15, 0.2) is 24.3 Å². The van der Waals surface area contributed by atoms with Crippen LogP contribution in [-0.2, 0) is 16.1 Å². The molecule has 0 saturated heterocycles. The summed E-state index contributed by atoms with van der Waals surface area (Å²) >= 11 is 0. The third-order valence-electron chi connectivity index (χ3n) is 4.58. The molecule has 1 aliphatic rings. The lowest BCUT2D eigenvalue weighted by Gasteiger charge is -2.57. The van der Waals surface area contributed by atoms with Gasteiger partial charge in [0.1, 0.15) is 11.4 Å². The SMILES string of the molecule is CCOC1CC(N)(C(=O)NCc2cccc(F)c2)C1(C)C.Cl. The van der Waals surface area contributed by atoms with Gasteiger partial charge in [-0.2, -0.15) is 0 Å². The van der Waals surface area contributed by atoms with Crippen molar-refractivity contribution in [2.75, 3.05) is 6.61 Å². The van der Waals surface area contributed by atoms with Gasteiger partial charge in [0.05, 0.1) is 6.10 Å². The number of halogens is 2. The Morgan fingerprint density at radius 3 is 2.73 bits per heavy atom. The number of hydrogen-bond donors (Lipinski definition) is 2. The van der Waals surface area contributed by atoms with Crippen LogP contribution in [0.25, 0.3) is 0 Å². The molecule has 0 radical (unpaired) electrons. The Hall–Kier alpha value is -1.17. The van der Waals surface area contributed by atoms with E-state index in [1.54, 1.807) is 12.1 Å². The number of carbonyl (C=O) groups is 1. The Kier molecular flexibility index (Phi) is 5.96. The van der Waals surface area contributed by atoms with E-state index in [-0.39, 0.29) is 36.8 Å². The van der Waals surface area contributed by atoms with Crippen LogP contribution in [0, 0.1) is 11.2 Å². The maximum absolute atomic E-state index is 13.1. The van der Waals surface area contributed by atoms with Crippen molar-refractivity contribution in [2.24, 2.45) is 11.1 Å². The Balaban J connectivity index is 0.00000242. The first-order valence-corrected chi connectivity index (χ1v) is 7.24. The van der Waals surface area contributed by atoms with E-state index < -0.39 is 11.0 Å². The van der Waals surface area contributed by atoms with Crippen LogP contribution in [-0.4, -0.2) is 24.2 Å². The van der Waals surface area contributed by atoms with Gasteiger partial charge in [-0.05, 0) is 24.6 Å². The first-order chi connectivity index (χ1) is 9.81. The van der Waals surface area contributed by atoms with Crippen molar-refractivity contribution in [2.45, 2.75) is 45.4 Å². The Morgan fingerprint density at radius 2 is 2.18 bits per heavy atom. The van der Waals surface area contributed by atoms with Crippen molar-refractivity contribution in [3.8, 4) is 0 Å². The van der Waals surface area contributed by atoms with Gasteiger partial charge in [0.25, 0.3) is 0 Å². The van der Waals surface area contributed by atoms with E-state index in [9.17, 15) is 9.18 Å². The normalized spacial score (nSPS) is 25.8. The third-order valence-corrected chi connectivity index (χ3v) is 4.58. The number of nitrogens with one attached hydrogen (secondary N) is 1. The largest absolute Gasteiger partial charge is 0.378 e. The van der Waals surface area contributed by atoms with Crippen LogP contribution in [0.5, 0.6) is 0 Å². The molecule has 1 aromatic carbocycles. The van der Waals surface area contributed by atoms with E-state index in [4.69, 9.17) is 10.5 Å². The summed E-state index contributed by atoms with van der Waals surface area (Å²) < 4.78 is 18.7. The second kappa shape index (κ2) is 6.94. The van der Waals surface area contributed by atoms with E-state index in [0.29, 0.717) is 18.6 Å². The summed E-state index contributed by atoms with van der Waals surface area (Å²) in [6, 6.07) is 6.16. The fraction of sp³-hybridized carbons (Fsp3) is 0.562. The minimum atomic E-state index is -0.944. The monoisotopic (exact) mass is 330 g/mol. The number of amides is 1. The van der Waals surface area contributed by atoms with Crippen molar-refractivity contribution in [1.82, 2.24) is 5.32 Å². The minimum Gasteiger partial charge on any atom is -0.378 e. The fourth-order valence-corrected chi connectivity index (χ4v) is 2.81. The van der Waals surface area contributed by atoms with Gasteiger partial charge in [0, 0.05) is 25.0 Å². The van der Waals surface area contributed by atoms with Crippen LogP contribution in [0.2, 0.25) is 0 Å². The molecule has 6 heteroatoms. The number of benzene rings is 1. The molecule has 1 fully saturated rings. The van der Waals surface area contributed by atoms with Crippen molar-refractivity contribution in [1.29, 1.82) is 0 Å².